The molecule has 2 aromatic carbocycles. The van der Waals surface area contributed by atoms with Gasteiger partial charge in [-0.1, -0.05) is 18.5 Å². The van der Waals surface area contributed by atoms with Gasteiger partial charge in [-0.15, -0.1) is 0 Å². The smallest absolute Gasteiger partial charge is 0.265 e. The number of anilines is 2. The fourth-order valence-corrected chi connectivity index (χ4v) is 2.76. The molecule has 0 saturated heterocycles. The minimum absolute atomic E-state index is 0.0450. The predicted molar refractivity (Wildman–Crippen MR) is 99.0 cm³/mol. The van der Waals surface area contributed by atoms with E-state index >= 15 is 0 Å². The van der Waals surface area contributed by atoms with E-state index in [1.807, 2.05) is 0 Å². The van der Waals surface area contributed by atoms with Crippen LogP contribution >= 0.6 is 11.6 Å². The van der Waals surface area contributed by atoms with Crippen LogP contribution in [0.15, 0.2) is 42.5 Å². The standard InChI is InChI=1S/C19H17ClN2O4/c1-2-16(23)12-3-8-17-15(9-12)22(19(25)11-26-17)10-18(24)21-14-6-4-13(20)5-7-14/h3-9H,2,10-11H2,1H3,(H,21,24). The van der Waals surface area contributed by atoms with Gasteiger partial charge in [-0.05, 0) is 42.5 Å². The summed E-state index contributed by atoms with van der Waals surface area (Å²) in [6, 6.07) is 11.6. The molecule has 3 rings (SSSR count). The summed E-state index contributed by atoms with van der Waals surface area (Å²) >= 11 is 5.82. The molecule has 26 heavy (non-hydrogen) atoms. The van der Waals surface area contributed by atoms with Crippen LogP contribution in [0.4, 0.5) is 11.4 Å². The van der Waals surface area contributed by atoms with E-state index in [4.69, 9.17) is 16.3 Å². The van der Waals surface area contributed by atoms with Crippen molar-refractivity contribution in [1.29, 1.82) is 0 Å². The topological polar surface area (TPSA) is 75.7 Å². The summed E-state index contributed by atoms with van der Waals surface area (Å²) in [7, 11) is 0. The molecule has 0 unspecified atom stereocenters. The number of nitrogens with one attached hydrogen (secondary N) is 1. The van der Waals surface area contributed by atoms with Gasteiger partial charge in [0.25, 0.3) is 5.91 Å². The molecule has 134 valence electrons. The van der Waals surface area contributed by atoms with Gasteiger partial charge in [-0.2, -0.15) is 0 Å². The lowest BCUT2D eigenvalue weighted by Crippen LogP contribution is -2.43. The molecular weight excluding hydrogens is 356 g/mol. The first-order chi connectivity index (χ1) is 12.5. The third kappa shape index (κ3) is 3.86. The number of rotatable bonds is 5. The maximum Gasteiger partial charge on any atom is 0.265 e. The molecule has 0 saturated carbocycles. The Hall–Kier alpha value is -2.86. The molecule has 0 aliphatic carbocycles. The van der Waals surface area contributed by atoms with Crippen molar-refractivity contribution >= 4 is 40.6 Å². The quantitative estimate of drug-likeness (QED) is 0.817. The van der Waals surface area contributed by atoms with Crippen LogP contribution in [-0.2, 0) is 9.59 Å². The molecule has 0 bridgehead atoms. The highest BCUT2D eigenvalue weighted by atomic mass is 35.5. The van der Waals surface area contributed by atoms with Crippen molar-refractivity contribution in [2.45, 2.75) is 13.3 Å². The van der Waals surface area contributed by atoms with E-state index < -0.39 is 0 Å². The van der Waals surface area contributed by atoms with Gasteiger partial charge in [0.1, 0.15) is 12.3 Å². The van der Waals surface area contributed by atoms with E-state index in [1.165, 1.54) is 4.90 Å². The summed E-state index contributed by atoms with van der Waals surface area (Å²) in [6.07, 6.45) is 0.352. The summed E-state index contributed by atoms with van der Waals surface area (Å²) in [4.78, 5) is 37.9. The predicted octanol–water partition coefficient (Wildman–Crippen LogP) is 3.30. The molecule has 1 N–H and O–H groups in total. The Morgan fingerprint density at radius 2 is 1.92 bits per heavy atom. The summed E-state index contributed by atoms with van der Waals surface area (Å²) in [5.74, 6) is -0.279. The monoisotopic (exact) mass is 372 g/mol. The van der Waals surface area contributed by atoms with Crippen LogP contribution in [0.2, 0.25) is 5.02 Å². The molecule has 2 amide bonds. The van der Waals surface area contributed by atoms with E-state index in [9.17, 15) is 14.4 Å². The number of ether oxygens (including phenoxy) is 1. The second kappa shape index (κ2) is 7.58. The van der Waals surface area contributed by atoms with Crippen LogP contribution < -0.4 is 15.0 Å². The second-order valence-corrected chi connectivity index (χ2v) is 6.22. The molecule has 0 radical (unpaired) electrons. The molecule has 0 fully saturated rings. The molecular formula is C19H17ClN2O4. The lowest BCUT2D eigenvalue weighted by Gasteiger charge is -2.29. The Morgan fingerprint density at radius 3 is 2.62 bits per heavy atom. The normalized spacial score (nSPS) is 13.0. The van der Waals surface area contributed by atoms with Crippen molar-refractivity contribution < 1.29 is 19.1 Å². The van der Waals surface area contributed by atoms with Crippen LogP contribution in [-0.4, -0.2) is 30.7 Å². The van der Waals surface area contributed by atoms with Gasteiger partial charge in [0.2, 0.25) is 5.91 Å². The highest BCUT2D eigenvalue weighted by Crippen LogP contribution is 2.33. The van der Waals surface area contributed by atoms with Crippen LogP contribution in [0.3, 0.4) is 0 Å². The molecule has 2 aromatic rings. The maximum absolute atomic E-state index is 12.4. The molecule has 1 aliphatic rings. The molecule has 0 atom stereocenters. The second-order valence-electron chi connectivity index (χ2n) is 5.78. The van der Waals surface area contributed by atoms with Gasteiger partial charge in [-0.25, -0.2) is 0 Å². The van der Waals surface area contributed by atoms with E-state index in [0.29, 0.717) is 34.1 Å². The van der Waals surface area contributed by atoms with Crippen molar-refractivity contribution in [2.24, 2.45) is 0 Å². The Morgan fingerprint density at radius 1 is 1.19 bits per heavy atom. The van der Waals surface area contributed by atoms with E-state index in [2.05, 4.69) is 5.32 Å². The van der Waals surface area contributed by atoms with Crippen molar-refractivity contribution in [3.63, 3.8) is 0 Å². The van der Waals surface area contributed by atoms with Crippen molar-refractivity contribution in [2.75, 3.05) is 23.4 Å². The average Bonchev–Trinajstić information content (AvgIpc) is 2.65. The van der Waals surface area contributed by atoms with Crippen molar-refractivity contribution in [3.05, 3.63) is 53.1 Å². The highest BCUT2D eigenvalue weighted by Gasteiger charge is 2.28. The zero-order valence-electron chi connectivity index (χ0n) is 14.1. The van der Waals surface area contributed by atoms with Crippen LogP contribution in [0.25, 0.3) is 0 Å². The Labute approximate surface area is 155 Å². The number of hydrogen-bond acceptors (Lipinski definition) is 4. The van der Waals surface area contributed by atoms with Gasteiger partial charge in [0, 0.05) is 22.7 Å². The summed E-state index contributed by atoms with van der Waals surface area (Å²) in [5.41, 5.74) is 1.48. The Balaban J connectivity index is 1.81. The zero-order chi connectivity index (χ0) is 18.7. The number of carbonyl (C=O) groups is 3. The summed E-state index contributed by atoms with van der Waals surface area (Å²) < 4.78 is 5.40. The fraction of sp³-hybridized carbons (Fsp3) is 0.211. The molecule has 1 heterocycles. The first-order valence-corrected chi connectivity index (χ1v) is 8.51. The van der Waals surface area contributed by atoms with Crippen molar-refractivity contribution in [1.82, 2.24) is 0 Å². The number of halogens is 1. The van der Waals surface area contributed by atoms with Gasteiger partial charge < -0.3 is 10.1 Å². The number of nitrogens with zero attached hydrogens (tertiary/aromatic N) is 1. The Kier molecular flexibility index (Phi) is 5.23. The van der Waals surface area contributed by atoms with Gasteiger partial charge in [0.05, 0.1) is 5.69 Å². The van der Waals surface area contributed by atoms with Crippen molar-refractivity contribution in [3.8, 4) is 5.75 Å². The maximum atomic E-state index is 12.4. The minimum Gasteiger partial charge on any atom is -0.482 e. The zero-order valence-corrected chi connectivity index (χ0v) is 14.9. The first-order valence-electron chi connectivity index (χ1n) is 8.13. The fourth-order valence-electron chi connectivity index (χ4n) is 2.63. The summed E-state index contributed by atoms with van der Waals surface area (Å²) in [5, 5.41) is 3.28. The third-order valence-corrected chi connectivity index (χ3v) is 4.23. The number of fused-ring (bicyclic) bond motifs is 1. The number of benzene rings is 2. The largest absolute Gasteiger partial charge is 0.482 e. The lowest BCUT2D eigenvalue weighted by molar-refractivity contribution is -0.123. The number of amides is 2. The number of carbonyl (C=O) groups excluding carboxylic acids is 3. The van der Waals surface area contributed by atoms with Gasteiger partial charge in [0.15, 0.2) is 12.4 Å². The van der Waals surface area contributed by atoms with E-state index in [0.717, 1.165) is 0 Å². The SMILES string of the molecule is CCC(=O)c1ccc2c(c1)N(CC(=O)Nc1ccc(Cl)cc1)C(=O)CO2. The van der Waals surface area contributed by atoms with Gasteiger partial charge >= 0.3 is 0 Å². The molecule has 0 spiro atoms. The summed E-state index contributed by atoms with van der Waals surface area (Å²) in [6.45, 7) is 1.44. The number of hydrogen-bond donors (Lipinski definition) is 1. The molecule has 6 nitrogen and oxygen atoms in total. The highest BCUT2D eigenvalue weighted by molar-refractivity contribution is 6.30. The van der Waals surface area contributed by atoms with Crippen LogP contribution in [0, 0.1) is 0 Å². The molecule has 0 aromatic heterocycles. The lowest BCUT2D eigenvalue weighted by atomic mass is 10.1. The van der Waals surface area contributed by atoms with Crippen LogP contribution in [0.1, 0.15) is 23.7 Å². The molecule has 7 heteroatoms. The number of ketones is 1. The number of Topliss-reactive ketones (excluding diaryl/α,β-unsaturated/α-hetero) is 1. The molecule has 1 aliphatic heterocycles. The minimum atomic E-state index is -0.360. The van der Waals surface area contributed by atoms with E-state index in [-0.39, 0.29) is 30.7 Å². The first kappa shape index (κ1) is 17.9. The Bertz CT molecular complexity index is 864. The average molecular weight is 373 g/mol. The third-order valence-electron chi connectivity index (χ3n) is 3.97. The van der Waals surface area contributed by atoms with E-state index in [1.54, 1.807) is 49.4 Å². The van der Waals surface area contributed by atoms with Gasteiger partial charge in [-0.3, -0.25) is 19.3 Å². The van der Waals surface area contributed by atoms with Crippen LogP contribution in [0.5, 0.6) is 5.75 Å².